The molecule has 34 heavy (non-hydrogen) atoms. The summed E-state index contributed by atoms with van der Waals surface area (Å²) in [5.41, 5.74) is 1.91. The van der Waals surface area contributed by atoms with Crippen LogP contribution in [0.3, 0.4) is 0 Å². The Morgan fingerprint density at radius 1 is 1.12 bits per heavy atom. The first-order valence-electron chi connectivity index (χ1n) is 11.6. The van der Waals surface area contributed by atoms with Gasteiger partial charge in [-0.25, -0.2) is 0 Å². The van der Waals surface area contributed by atoms with Crippen LogP contribution >= 0.6 is 34.7 Å². The van der Waals surface area contributed by atoms with Crippen molar-refractivity contribution in [3.63, 3.8) is 0 Å². The number of amides is 1. The van der Waals surface area contributed by atoms with Crippen LogP contribution in [0.15, 0.2) is 58.4 Å². The van der Waals surface area contributed by atoms with Crippen LogP contribution in [0.25, 0.3) is 0 Å². The normalized spacial score (nSPS) is 26.7. The lowest BCUT2D eigenvalue weighted by atomic mass is 9.75. The fourth-order valence-electron chi connectivity index (χ4n) is 6.15. The maximum absolute atomic E-state index is 13.2. The van der Waals surface area contributed by atoms with Gasteiger partial charge in [0, 0.05) is 26.8 Å². The Hall–Kier alpha value is -2.22. The molecule has 2 aromatic carbocycles. The van der Waals surface area contributed by atoms with Crippen molar-refractivity contribution in [2.45, 2.75) is 42.0 Å². The van der Waals surface area contributed by atoms with E-state index in [2.05, 4.69) is 17.4 Å². The molecule has 5 nitrogen and oxygen atoms in total. The zero-order chi connectivity index (χ0) is 23.4. The predicted molar refractivity (Wildman–Crippen MR) is 137 cm³/mol. The molecule has 0 radical (unpaired) electrons. The maximum Gasteiger partial charge on any atom is 0.308 e. The van der Waals surface area contributed by atoms with E-state index in [0.717, 1.165) is 20.7 Å². The molecule has 0 unspecified atom stereocenters. The summed E-state index contributed by atoms with van der Waals surface area (Å²) in [7, 11) is 1.61. The minimum atomic E-state index is -0.202. The molecule has 6 rings (SSSR count). The van der Waals surface area contributed by atoms with Gasteiger partial charge in [0.2, 0.25) is 5.91 Å². The lowest BCUT2D eigenvalue weighted by Crippen LogP contribution is -2.34. The Kier molecular flexibility index (Phi) is 5.74. The third kappa shape index (κ3) is 3.78. The third-order valence-corrected chi connectivity index (χ3v) is 10.7. The van der Waals surface area contributed by atoms with Crippen molar-refractivity contribution in [3.05, 3.63) is 73.7 Å². The van der Waals surface area contributed by atoms with Gasteiger partial charge in [0.25, 0.3) is 0 Å². The molecule has 3 aromatic rings. The van der Waals surface area contributed by atoms with Crippen molar-refractivity contribution in [1.82, 2.24) is 4.57 Å². The molecule has 1 aromatic heterocycles. The number of carbonyl (C=O) groups excluding carboxylic acids is 1. The van der Waals surface area contributed by atoms with Crippen molar-refractivity contribution < 1.29 is 9.53 Å². The van der Waals surface area contributed by atoms with Crippen LogP contribution in [-0.4, -0.2) is 22.8 Å². The molecule has 2 fully saturated rings. The lowest BCUT2D eigenvalue weighted by molar-refractivity contribution is -0.116. The molecule has 1 amide bonds. The highest BCUT2D eigenvalue weighted by atomic mass is 35.5. The Morgan fingerprint density at radius 2 is 1.85 bits per heavy atom. The number of carbonyl (C=O) groups is 1. The minimum absolute atomic E-state index is 0.0164. The van der Waals surface area contributed by atoms with Gasteiger partial charge in [0.1, 0.15) is 12.3 Å². The summed E-state index contributed by atoms with van der Waals surface area (Å²) in [6.45, 7) is 0.0164. The van der Waals surface area contributed by atoms with Gasteiger partial charge in [-0.1, -0.05) is 35.1 Å². The number of rotatable bonds is 5. The van der Waals surface area contributed by atoms with Crippen LogP contribution in [-0.2, 0) is 11.3 Å². The first-order chi connectivity index (χ1) is 16.5. The molecule has 8 heteroatoms. The van der Waals surface area contributed by atoms with E-state index in [1.807, 2.05) is 23.9 Å². The molecule has 0 saturated heterocycles. The zero-order valence-corrected chi connectivity index (χ0v) is 21.1. The summed E-state index contributed by atoms with van der Waals surface area (Å²) >= 11 is 9.34. The second kappa shape index (κ2) is 8.77. The number of methoxy groups -OCH3 is 1. The lowest BCUT2D eigenvalue weighted by Gasteiger charge is -2.40. The van der Waals surface area contributed by atoms with Crippen LogP contribution in [0.5, 0.6) is 5.75 Å². The number of halogens is 1. The van der Waals surface area contributed by atoms with Crippen LogP contribution in [0.2, 0.25) is 5.02 Å². The highest BCUT2D eigenvalue weighted by Gasteiger charge is 2.55. The molecule has 2 bridgehead atoms. The highest BCUT2D eigenvalue weighted by Crippen LogP contribution is 2.64. The van der Waals surface area contributed by atoms with E-state index in [1.54, 1.807) is 35.9 Å². The van der Waals surface area contributed by atoms with Crippen molar-refractivity contribution in [2.24, 2.45) is 17.8 Å². The number of benzene rings is 2. The van der Waals surface area contributed by atoms with Crippen LogP contribution in [0.1, 0.15) is 35.6 Å². The Balaban J connectivity index is 1.33. The Morgan fingerprint density at radius 3 is 2.59 bits per heavy atom. The minimum Gasteiger partial charge on any atom is -0.497 e. The summed E-state index contributed by atoms with van der Waals surface area (Å²) < 4.78 is 6.87. The first-order valence-corrected chi connectivity index (χ1v) is 13.7. The van der Waals surface area contributed by atoms with E-state index in [0.29, 0.717) is 28.7 Å². The molecule has 0 spiro atoms. The number of fused-ring (bicyclic) bond motifs is 6. The average molecular weight is 513 g/mol. The molecule has 176 valence electrons. The van der Waals surface area contributed by atoms with Gasteiger partial charge in [0.15, 0.2) is 0 Å². The van der Waals surface area contributed by atoms with Crippen LogP contribution < -0.4 is 14.9 Å². The molecule has 1 aliphatic heterocycles. The fourth-order valence-corrected chi connectivity index (χ4v) is 9.43. The first kappa shape index (κ1) is 22.3. The second-order valence-electron chi connectivity index (χ2n) is 9.42. The number of thiazole rings is 1. The number of nitrogens with zero attached hydrogens (tertiary/aromatic N) is 1. The van der Waals surface area contributed by atoms with Crippen molar-refractivity contribution in [2.75, 3.05) is 12.4 Å². The van der Waals surface area contributed by atoms with Crippen molar-refractivity contribution in [3.8, 4) is 5.75 Å². The number of hydrogen-bond donors (Lipinski definition) is 1. The number of hydrogen-bond acceptors (Lipinski definition) is 5. The topological polar surface area (TPSA) is 60.3 Å². The predicted octanol–water partition coefficient (Wildman–Crippen LogP) is 5.86. The van der Waals surface area contributed by atoms with Gasteiger partial charge in [-0.15, -0.1) is 11.8 Å². The summed E-state index contributed by atoms with van der Waals surface area (Å²) in [5.74, 6) is 2.66. The molecule has 5 atom stereocenters. The third-order valence-electron chi connectivity index (χ3n) is 7.60. The number of anilines is 1. The number of ether oxygens (including phenoxy) is 1. The van der Waals surface area contributed by atoms with Gasteiger partial charge < -0.3 is 10.1 Å². The van der Waals surface area contributed by atoms with E-state index in [9.17, 15) is 9.59 Å². The molecule has 1 N–H and O–H groups in total. The molecule has 2 saturated carbocycles. The molecular formula is C26H25ClN2O3S2. The van der Waals surface area contributed by atoms with Gasteiger partial charge in [-0.3, -0.25) is 14.2 Å². The summed E-state index contributed by atoms with van der Waals surface area (Å²) in [6, 6.07) is 15.3. The van der Waals surface area contributed by atoms with Gasteiger partial charge in [0.05, 0.1) is 12.1 Å². The van der Waals surface area contributed by atoms with Gasteiger partial charge in [-0.2, -0.15) is 0 Å². The van der Waals surface area contributed by atoms with E-state index in [4.69, 9.17) is 16.3 Å². The largest absolute Gasteiger partial charge is 0.497 e. The number of thioether (sulfide) groups is 1. The second-order valence-corrected chi connectivity index (χ2v) is 12.0. The average Bonchev–Trinajstić information content (AvgIpc) is 3.53. The summed E-state index contributed by atoms with van der Waals surface area (Å²) in [6.07, 6.45) is 3.84. The van der Waals surface area contributed by atoms with E-state index < -0.39 is 0 Å². The molecule has 2 heterocycles. The maximum atomic E-state index is 13.2. The van der Waals surface area contributed by atoms with Crippen LogP contribution in [0.4, 0.5) is 5.69 Å². The molecule has 3 aliphatic rings. The smallest absolute Gasteiger partial charge is 0.308 e. The SMILES string of the molecule is COc1ccc(NC(=O)Cn2c3c(sc2=O)[C@H](c2ccc(Cl)cc2)[C@@H]2[C@@H]4CC[C@@H](C4)[C@@H]2S3)cc1. The Labute approximate surface area is 211 Å². The van der Waals surface area contributed by atoms with E-state index in [-0.39, 0.29) is 23.2 Å². The fraction of sp³-hybridized carbons (Fsp3) is 0.385. The monoisotopic (exact) mass is 512 g/mol. The van der Waals surface area contributed by atoms with Gasteiger partial charge in [-0.05, 0) is 79.0 Å². The molecule has 2 aliphatic carbocycles. The highest BCUT2D eigenvalue weighted by molar-refractivity contribution is 8.00. The Bertz CT molecular complexity index is 1280. The van der Waals surface area contributed by atoms with Crippen LogP contribution in [0, 0.1) is 17.8 Å². The zero-order valence-electron chi connectivity index (χ0n) is 18.7. The quantitative estimate of drug-likeness (QED) is 0.465. The standard InChI is InChI=1S/C26H25ClN2O3S2/c1-32-19-10-8-18(9-11-19)28-20(30)13-29-25-24(34-26(29)31)21(14-4-6-17(27)7-5-14)22-15-2-3-16(12-15)23(22)33-25/h4-11,15-16,21-23H,2-3,12-13H2,1H3,(H,28,30)/t15-,16+,21-,22+,23+/m1/s1. The molecular weight excluding hydrogens is 488 g/mol. The van der Waals surface area contributed by atoms with Crippen molar-refractivity contribution >= 4 is 46.3 Å². The number of nitrogens with one attached hydrogen (secondary N) is 1. The van der Waals surface area contributed by atoms with E-state index >= 15 is 0 Å². The summed E-state index contributed by atoms with van der Waals surface area (Å²) in [4.78, 5) is 27.1. The van der Waals surface area contributed by atoms with E-state index in [1.165, 1.54) is 36.2 Å². The van der Waals surface area contributed by atoms with Gasteiger partial charge >= 0.3 is 4.87 Å². The number of aromatic nitrogens is 1. The summed E-state index contributed by atoms with van der Waals surface area (Å²) in [5, 5.41) is 5.11. The van der Waals surface area contributed by atoms with Crippen molar-refractivity contribution in [1.29, 1.82) is 0 Å².